The van der Waals surface area contributed by atoms with Crippen LogP contribution in [-0.4, -0.2) is 42.0 Å². The number of methoxy groups -OCH3 is 1. The molecule has 39 heavy (non-hydrogen) atoms. The van der Waals surface area contributed by atoms with E-state index in [1.165, 1.54) is 0 Å². The molecule has 1 atom stereocenters. The van der Waals surface area contributed by atoms with Gasteiger partial charge in [0.15, 0.2) is 0 Å². The number of benzene rings is 3. The third kappa shape index (κ3) is 6.23. The second kappa shape index (κ2) is 11.9. The first kappa shape index (κ1) is 28.1. The Kier molecular flexibility index (Phi) is 8.56. The fourth-order valence-electron chi connectivity index (χ4n) is 4.88. The summed E-state index contributed by atoms with van der Waals surface area (Å²) in [4.78, 5) is 28.1. The average molecular weight is 528 g/mol. The molecular formula is C33H37NO5. The fourth-order valence-corrected chi connectivity index (χ4v) is 4.88. The Labute approximate surface area is 230 Å². The van der Waals surface area contributed by atoms with Crippen molar-refractivity contribution in [2.45, 2.75) is 52.2 Å². The molecule has 1 fully saturated rings. The van der Waals surface area contributed by atoms with E-state index in [0.717, 1.165) is 22.3 Å². The van der Waals surface area contributed by atoms with Crippen LogP contribution in [-0.2, 0) is 26.3 Å². The summed E-state index contributed by atoms with van der Waals surface area (Å²) in [5.41, 5.74) is 4.26. The number of amides is 1. The summed E-state index contributed by atoms with van der Waals surface area (Å²) in [5, 5.41) is 11.5. The predicted octanol–water partition coefficient (Wildman–Crippen LogP) is 6.33. The van der Waals surface area contributed by atoms with Gasteiger partial charge in [-0.1, -0.05) is 75.4 Å². The molecule has 0 spiro atoms. The van der Waals surface area contributed by atoms with Crippen LogP contribution in [0.1, 0.15) is 61.1 Å². The molecule has 0 aromatic heterocycles. The van der Waals surface area contributed by atoms with Gasteiger partial charge >= 0.3 is 0 Å². The van der Waals surface area contributed by atoms with Crippen LogP contribution in [0.15, 0.2) is 78.4 Å². The molecule has 204 valence electrons. The van der Waals surface area contributed by atoms with Crippen LogP contribution in [0, 0.1) is 6.92 Å². The van der Waals surface area contributed by atoms with Crippen LogP contribution in [0.25, 0.3) is 5.76 Å². The highest BCUT2D eigenvalue weighted by Gasteiger charge is 2.46. The third-order valence-electron chi connectivity index (χ3n) is 7.08. The third-order valence-corrected chi connectivity index (χ3v) is 7.08. The quantitative estimate of drug-likeness (QED) is 0.152. The maximum absolute atomic E-state index is 13.3. The van der Waals surface area contributed by atoms with Crippen molar-refractivity contribution in [2.24, 2.45) is 0 Å². The minimum atomic E-state index is -0.690. The molecule has 0 saturated carbocycles. The van der Waals surface area contributed by atoms with E-state index in [1.54, 1.807) is 24.1 Å². The van der Waals surface area contributed by atoms with Gasteiger partial charge in [-0.15, -0.1) is 0 Å². The number of aliphatic hydroxyl groups is 1. The van der Waals surface area contributed by atoms with E-state index in [0.29, 0.717) is 37.5 Å². The Morgan fingerprint density at radius 3 is 2.28 bits per heavy atom. The number of hydrogen-bond acceptors (Lipinski definition) is 5. The van der Waals surface area contributed by atoms with Gasteiger partial charge in [-0.25, -0.2) is 0 Å². The Morgan fingerprint density at radius 2 is 1.67 bits per heavy atom. The van der Waals surface area contributed by atoms with Gasteiger partial charge in [-0.05, 0) is 59.2 Å². The lowest BCUT2D eigenvalue weighted by Crippen LogP contribution is -2.31. The first-order chi connectivity index (χ1) is 18.6. The van der Waals surface area contributed by atoms with Crippen molar-refractivity contribution in [3.63, 3.8) is 0 Å². The molecule has 0 bridgehead atoms. The largest absolute Gasteiger partial charge is 0.507 e. The molecule has 0 aliphatic carbocycles. The molecule has 6 nitrogen and oxygen atoms in total. The van der Waals surface area contributed by atoms with Crippen molar-refractivity contribution in [1.29, 1.82) is 0 Å². The van der Waals surface area contributed by atoms with Crippen molar-refractivity contribution in [3.05, 3.63) is 106 Å². The number of ether oxygens (including phenoxy) is 2. The SMILES string of the molecule is COCCCN1C(=O)C(=O)/C(=C(/O)c2ccc(OCc3ccccc3)cc2C)[C@@H]1c1ccc(C(C)(C)C)cc1. The standard InChI is InChI=1S/C33H37NO5/c1-22-20-26(39-21-23-10-7-6-8-11-23)16-17-27(22)30(35)28-29(24-12-14-25(15-13-24)33(2,3)4)34(18-9-19-38-5)32(37)31(28)36/h6-8,10-17,20,29,35H,9,18-19,21H2,1-5H3/b30-28+/t29-/m0/s1. The van der Waals surface area contributed by atoms with Crippen LogP contribution >= 0.6 is 0 Å². The first-order valence-electron chi connectivity index (χ1n) is 13.3. The number of nitrogens with zero attached hydrogens (tertiary/aromatic N) is 1. The molecule has 1 N–H and O–H groups in total. The van der Waals surface area contributed by atoms with Gasteiger partial charge < -0.3 is 19.5 Å². The van der Waals surface area contributed by atoms with Crippen molar-refractivity contribution in [3.8, 4) is 5.75 Å². The zero-order valence-corrected chi connectivity index (χ0v) is 23.4. The van der Waals surface area contributed by atoms with Gasteiger partial charge in [0.2, 0.25) is 0 Å². The number of likely N-dealkylation sites (tertiary alicyclic amines) is 1. The number of rotatable bonds is 9. The molecule has 1 heterocycles. The van der Waals surface area contributed by atoms with Crippen LogP contribution in [0.5, 0.6) is 5.75 Å². The van der Waals surface area contributed by atoms with Gasteiger partial charge in [0, 0.05) is 25.8 Å². The van der Waals surface area contributed by atoms with Crippen molar-refractivity contribution in [1.82, 2.24) is 4.90 Å². The van der Waals surface area contributed by atoms with Gasteiger partial charge in [0.1, 0.15) is 18.1 Å². The highest BCUT2D eigenvalue weighted by molar-refractivity contribution is 6.46. The number of carbonyl (C=O) groups is 2. The first-order valence-corrected chi connectivity index (χ1v) is 13.3. The van der Waals surface area contributed by atoms with Gasteiger partial charge in [0.25, 0.3) is 11.7 Å². The summed E-state index contributed by atoms with van der Waals surface area (Å²) in [6.45, 7) is 9.47. The maximum Gasteiger partial charge on any atom is 0.295 e. The Morgan fingerprint density at radius 1 is 0.974 bits per heavy atom. The van der Waals surface area contributed by atoms with E-state index in [1.807, 2.05) is 67.6 Å². The molecule has 4 rings (SSSR count). The Balaban J connectivity index is 1.71. The summed E-state index contributed by atoms with van der Waals surface area (Å²) in [6.07, 6.45) is 0.576. The number of aryl methyl sites for hydroxylation is 1. The van der Waals surface area contributed by atoms with E-state index in [9.17, 15) is 14.7 Å². The number of Topliss-reactive ketones (excluding diaryl/α,β-unsaturated/α-hetero) is 1. The maximum atomic E-state index is 13.3. The summed E-state index contributed by atoms with van der Waals surface area (Å²) in [6, 6.07) is 22.5. The van der Waals surface area contributed by atoms with Crippen molar-refractivity contribution in [2.75, 3.05) is 20.3 Å². The lowest BCUT2D eigenvalue weighted by Gasteiger charge is -2.26. The van der Waals surface area contributed by atoms with E-state index in [2.05, 4.69) is 20.8 Å². The number of carbonyl (C=O) groups excluding carboxylic acids is 2. The lowest BCUT2D eigenvalue weighted by molar-refractivity contribution is -0.140. The highest BCUT2D eigenvalue weighted by atomic mass is 16.5. The number of ketones is 1. The van der Waals surface area contributed by atoms with Crippen LogP contribution in [0.4, 0.5) is 0 Å². The van der Waals surface area contributed by atoms with E-state index in [-0.39, 0.29) is 16.7 Å². The molecule has 1 aliphatic heterocycles. The monoisotopic (exact) mass is 527 g/mol. The molecule has 1 saturated heterocycles. The fraction of sp³-hybridized carbons (Fsp3) is 0.333. The van der Waals surface area contributed by atoms with Crippen LogP contribution in [0.3, 0.4) is 0 Å². The lowest BCUT2D eigenvalue weighted by atomic mass is 9.85. The molecule has 1 aliphatic rings. The second-order valence-electron chi connectivity index (χ2n) is 11.0. The number of hydrogen-bond donors (Lipinski definition) is 1. The molecule has 3 aromatic carbocycles. The van der Waals surface area contributed by atoms with Crippen LogP contribution in [0.2, 0.25) is 0 Å². The zero-order valence-electron chi connectivity index (χ0n) is 23.4. The van der Waals surface area contributed by atoms with Crippen LogP contribution < -0.4 is 4.74 Å². The molecule has 0 radical (unpaired) electrons. The summed E-state index contributed by atoms with van der Waals surface area (Å²) in [5.74, 6) is -0.821. The van der Waals surface area contributed by atoms with Crippen molar-refractivity contribution < 1.29 is 24.2 Å². The number of aliphatic hydroxyl groups excluding tert-OH is 1. The Hall–Kier alpha value is -3.90. The molecule has 0 unspecified atom stereocenters. The smallest absolute Gasteiger partial charge is 0.295 e. The van der Waals surface area contributed by atoms with E-state index < -0.39 is 17.7 Å². The highest BCUT2D eigenvalue weighted by Crippen LogP contribution is 2.40. The van der Waals surface area contributed by atoms with Crippen molar-refractivity contribution >= 4 is 17.4 Å². The summed E-state index contributed by atoms with van der Waals surface area (Å²) in [7, 11) is 1.60. The minimum Gasteiger partial charge on any atom is -0.507 e. The van der Waals surface area contributed by atoms with E-state index >= 15 is 0 Å². The Bertz CT molecular complexity index is 1350. The minimum absolute atomic E-state index is 0.0414. The second-order valence-corrected chi connectivity index (χ2v) is 11.0. The summed E-state index contributed by atoms with van der Waals surface area (Å²) < 4.78 is 11.1. The van der Waals surface area contributed by atoms with Gasteiger partial charge in [0.05, 0.1) is 11.6 Å². The molecule has 1 amide bonds. The normalized spacial score (nSPS) is 17.1. The zero-order chi connectivity index (χ0) is 28.2. The van der Waals surface area contributed by atoms with Gasteiger partial charge in [-0.3, -0.25) is 9.59 Å². The average Bonchev–Trinajstić information content (AvgIpc) is 3.17. The molecular weight excluding hydrogens is 490 g/mol. The van der Waals surface area contributed by atoms with Gasteiger partial charge in [-0.2, -0.15) is 0 Å². The molecule has 6 heteroatoms. The van der Waals surface area contributed by atoms with E-state index in [4.69, 9.17) is 9.47 Å². The predicted molar refractivity (Wildman–Crippen MR) is 153 cm³/mol. The molecule has 3 aromatic rings. The summed E-state index contributed by atoms with van der Waals surface area (Å²) >= 11 is 0. The topological polar surface area (TPSA) is 76.1 Å².